The lowest BCUT2D eigenvalue weighted by molar-refractivity contribution is -0.122. The summed E-state index contributed by atoms with van der Waals surface area (Å²) in [4.78, 5) is 12.2. The van der Waals surface area contributed by atoms with E-state index in [1.807, 2.05) is 0 Å². The minimum Gasteiger partial charge on any atom is -0.352 e. The molecule has 6 nitrogen and oxygen atoms in total. The van der Waals surface area contributed by atoms with Crippen molar-refractivity contribution in [3.8, 4) is 0 Å². The maximum absolute atomic E-state index is 12.2. The quantitative estimate of drug-likeness (QED) is 0.704. The Morgan fingerprint density at radius 1 is 1.29 bits per heavy atom. The standard InChI is InChI=1S/C15H23N3O3S2.ClH/c16-12-7-10-3-1-4-11(8-12)15(10)18-13(19)9-17-23(20,21)14-5-2-6-22-14;/h2,5-6,10-12,15,17H,1,3-4,7-9,16H2,(H,18,19);1H. The second-order valence-corrected chi connectivity index (χ2v) is 9.47. The Morgan fingerprint density at radius 3 is 2.54 bits per heavy atom. The Labute approximate surface area is 153 Å². The molecular weight excluding hydrogens is 370 g/mol. The van der Waals surface area contributed by atoms with Crippen molar-refractivity contribution >= 4 is 39.7 Å². The third-order valence-electron chi connectivity index (χ3n) is 4.89. The average molecular weight is 394 g/mol. The summed E-state index contributed by atoms with van der Waals surface area (Å²) in [5, 5.41) is 4.74. The van der Waals surface area contributed by atoms with Gasteiger partial charge in [0.2, 0.25) is 5.91 Å². The lowest BCUT2D eigenvalue weighted by Crippen LogP contribution is -2.55. The van der Waals surface area contributed by atoms with Crippen molar-refractivity contribution < 1.29 is 13.2 Å². The molecule has 1 amide bonds. The van der Waals surface area contributed by atoms with Crippen LogP contribution in [0.3, 0.4) is 0 Å². The van der Waals surface area contributed by atoms with Gasteiger partial charge in [-0.25, -0.2) is 13.1 Å². The molecule has 0 saturated heterocycles. The van der Waals surface area contributed by atoms with Gasteiger partial charge < -0.3 is 11.1 Å². The van der Waals surface area contributed by atoms with Gasteiger partial charge in [-0.2, -0.15) is 0 Å². The first-order valence-electron chi connectivity index (χ1n) is 8.04. The summed E-state index contributed by atoms with van der Waals surface area (Å²) in [6.07, 6.45) is 5.27. The normalized spacial score (nSPS) is 29.5. The number of nitrogens with two attached hydrogens (primary N) is 1. The number of halogens is 1. The number of thiophene rings is 1. The van der Waals surface area contributed by atoms with Gasteiger partial charge in [0.15, 0.2) is 0 Å². The summed E-state index contributed by atoms with van der Waals surface area (Å²) < 4.78 is 26.7. The lowest BCUT2D eigenvalue weighted by Gasteiger charge is -2.45. The fraction of sp³-hybridized carbons (Fsp3) is 0.667. The largest absolute Gasteiger partial charge is 0.352 e. The van der Waals surface area contributed by atoms with E-state index < -0.39 is 10.0 Å². The first-order chi connectivity index (χ1) is 11.0. The molecule has 2 fully saturated rings. The van der Waals surface area contributed by atoms with E-state index in [-0.39, 0.29) is 41.2 Å². The van der Waals surface area contributed by atoms with Crippen molar-refractivity contribution in [1.29, 1.82) is 0 Å². The molecule has 4 N–H and O–H groups in total. The third-order valence-corrected chi connectivity index (χ3v) is 7.69. The molecule has 0 aromatic carbocycles. The van der Waals surface area contributed by atoms with Crippen LogP contribution in [-0.4, -0.2) is 33.0 Å². The van der Waals surface area contributed by atoms with Gasteiger partial charge in [-0.3, -0.25) is 4.79 Å². The van der Waals surface area contributed by atoms with Crippen LogP contribution in [0.5, 0.6) is 0 Å². The van der Waals surface area contributed by atoms with Crippen molar-refractivity contribution in [2.45, 2.75) is 48.4 Å². The predicted molar refractivity (Wildman–Crippen MR) is 96.7 cm³/mol. The van der Waals surface area contributed by atoms with E-state index in [0.29, 0.717) is 11.8 Å². The Bertz CT molecular complexity index is 637. The van der Waals surface area contributed by atoms with Crippen LogP contribution >= 0.6 is 23.7 Å². The van der Waals surface area contributed by atoms with Gasteiger partial charge >= 0.3 is 0 Å². The lowest BCUT2D eigenvalue weighted by atomic mass is 9.67. The minimum atomic E-state index is -3.59. The van der Waals surface area contributed by atoms with Gasteiger partial charge in [0.05, 0.1) is 6.54 Å². The van der Waals surface area contributed by atoms with Crippen LogP contribution in [0, 0.1) is 11.8 Å². The maximum Gasteiger partial charge on any atom is 0.250 e. The van der Waals surface area contributed by atoms with Crippen molar-refractivity contribution in [2.75, 3.05) is 6.54 Å². The molecule has 2 atom stereocenters. The van der Waals surface area contributed by atoms with Gasteiger partial charge in [0, 0.05) is 12.1 Å². The third kappa shape index (κ3) is 4.49. The second kappa shape index (κ2) is 8.14. The second-order valence-electron chi connectivity index (χ2n) is 6.53. The van der Waals surface area contributed by atoms with Crippen LogP contribution in [0.25, 0.3) is 0 Å². The van der Waals surface area contributed by atoms with Gasteiger partial charge in [-0.1, -0.05) is 12.5 Å². The molecule has 2 unspecified atom stereocenters. The van der Waals surface area contributed by atoms with Crippen molar-refractivity contribution in [1.82, 2.24) is 10.0 Å². The highest BCUT2D eigenvalue weighted by Crippen LogP contribution is 2.39. The maximum atomic E-state index is 12.2. The van der Waals surface area contributed by atoms with E-state index in [1.165, 1.54) is 12.5 Å². The molecule has 1 aromatic heterocycles. The zero-order valence-corrected chi connectivity index (χ0v) is 15.8. The highest BCUT2D eigenvalue weighted by Gasteiger charge is 2.39. The summed E-state index contributed by atoms with van der Waals surface area (Å²) in [5.41, 5.74) is 6.08. The van der Waals surface area contributed by atoms with Gasteiger partial charge in [0.25, 0.3) is 10.0 Å². The van der Waals surface area contributed by atoms with Crippen LogP contribution in [0.1, 0.15) is 32.1 Å². The molecular formula is C15H24ClN3O3S2. The van der Waals surface area contributed by atoms with Gasteiger partial charge in [-0.15, -0.1) is 23.7 Å². The van der Waals surface area contributed by atoms with Crippen molar-refractivity contribution in [3.05, 3.63) is 17.5 Å². The fourth-order valence-corrected chi connectivity index (χ4v) is 5.93. The van der Waals surface area contributed by atoms with Crippen molar-refractivity contribution in [2.24, 2.45) is 17.6 Å². The zero-order chi connectivity index (χ0) is 16.4. The minimum absolute atomic E-state index is 0. The number of hydrogen-bond acceptors (Lipinski definition) is 5. The molecule has 2 aliphatic carbocycles. The molecule has 2 aliphatic rings. The van der Waals surface area contributed by atoms with E-state index >= 15 is 0 Å². The molecule has 0 radical (unpaired) electrons. The number of fused-ring (bicyclic) bond motifs is 2. The van der Waals surface area contributed by atoms with Crippen LogP contribution in [0.4, 0.5) is 0 Å². The summed E-state index contributed by atoms with van der Waals surface area (Å²) in [6.45, 7) is -0.220. The van der Waals surface area contributed by atoms with Crippen LogP contribution in [0.2, 0.25) is 0 Å². The molecule has 1 aromatic rings. The molecule has 136 valence electrons. The van der Waals surface area contributed by atoms with Gasteiger partial charge in [-0.05, 0) is 49.0 Å². The SMILES string of the molecule is Cl.NC1CC2CCCC(C1)C2NC(=O)CNS(=O)(=O)c1cccs1. The highest BCUT2D eigenvalue weighted by molar-refractivity contribution is 7.91. The number of sulfonamides is 1. The number of nitrogens with one attached hydrogen (secondary N) is 2. The fourth-order valence-electron chi connectivity index (χ4n) is 3.91. The molecule has 24 heavy (non-hydrogen) atoms. The number of hydrogen-bond donors (Lipinski definition) is 3. The molecule has 9 heteroatoms. The monoisotopic (exact) mass is 393 g/mol. The van der Waals surface area contributed by atoms with Crippen LogP contribution in [-0.2, 0) is 14.8 Å². The van der Waals surface area contributed by atoms with Crippen LogP contribution in [0.15, 0.2) is 21.7 Å². The molecule has 0 aliphatic heterocycles. The Balaban J connectivity index is 0.00000208. The van der Waals surface area contributed by atoms with E-state index in [4.69, 9.17) is 5.73 Å². The topological polar surface area (TPSA) is 101 Å². The first kappa shape index (κ1) is 19.7. The summed E-state index contributed by atoms with van der Waals surface area (Å²) >= 11 is 1.13. The van der Waals surface area contributed by atoms with Crippen molar-refractivity contribution in [3.63, 3.8) is 0 Å². The molecule has 3 rings (SSSR count). The van der Waals surface area contributed by atoms with E-state index in [0.717, 1.165) is 37.0 Å². The first-order valence-corrected chi connectivity index (χ1v) is 10.4. The molecule has 2 saturated carbocycles. The van der Waals surface area contributed by atoms with E-state index in [1.54, 1.807) is 11.4 Å². The van der Waals surface area contributed by atoms with Crippen LogP contribution < -0.4 is 15.8 Å². The van der Waals surface area contributed by atoms with Gasteiger partial charge in [0.1, 0.15) is 4.21 Å². The smallest absolute Gasteiger partial charge is 0.250 e. The zero-order valence-electron chi connectivity index (χ0n) is 13.3. The Kier molecular flexibility index (Phi) is 6.66. The van der Waals surface area contributed by atoms with E-state index in [9.17, 15) is 13.2 Å². The highest BCUT2D eigenvalue weighted by atomic mass is 35.5. The number of carbonyl (C=O) groups is 1. The molecule has 0 spiro atoms. The predicted octanol–water partition coefficient (Wildman–Crippen LogP) is 1.47. The number of carbonyl (C=O) groups excluding carboxylic acids is 1. The molecule has 1 heterocycles. The van der Waals surface area contributed by atoms with E-state index in [2.05, 4.69) is 10.0 Å². The summed E-state index contributed by atoms with van der Waals surface area (Å²) in [7, 11) is -3.59. The Hall–Kier alpha value is -0.670. The number of amides is 1. The number of rotatable bonds is 5. The molecule has 2 bridgehead atoms. The summed E-state index contributed by atoms with van der Waals surface area (Å²) in [5.74, 6) is 0.591. The Morgan fingerprint density at radius 2 is 1.96 bits per heavy atom. The summed E-state index contributed by atoms with van der Waals surface area (Å²) in [6, 6.07) is 3.57. The average Bonchev–Trinajstić information content (AvgIpc) is 3.01.